The Morgan fingerprint density at radius 2 is 2.62 bits per heavy atom. The minimum atomic E-state index is -0.0923. The molecule has 16 heavy (non-hydrogen) atoms. The van der Waals surface area contributed by atoms with Gasteiger partial charge in [0.25, 0.3) is 0 Å². The average molecular weight is 242 g/mol. The van der Waals surface area contributed by atoms with E-state index in [0.717, 1.165) is 31.0 Å². The number of hydrogen-bond acceptors (Lipinski definition) is 5. The molecule has 1 unspecified atom stereocenters. The number of nitrogens with zero attached hydrogens (tertiary/aromatic N) is 1. The lowest BCUT2D eigenvalue weighted by molar-refractivity contribution is 0.0150. The van der Waals surface area contributed by atoms with Crippen LogP contribution in [0.1, 0.15) is 17.8 Å². The third-order valence-corrected chi connectivity index (χ3v) is 3.83. The van der Waals surface area contributed by atoms with Crippen LogP contribution < -0.4 is 5.32 Å². The highest BCUT2D eigenvalue weighted by atomic mass is 32.1. The number of methoxy groups -OCH3 is 1. The van der Waals surface area contributed by atoms with Gasteiger partial charge in [0.1, 0.15) is 5.01 Å². The summed E-state index contributed by atoms with van der Waals surface area (Å²) in [5, 5.41) is 6.68. The fraction of sp³-hybridized carbons (Fsp3) is 0.727. The van der Waals surface area contributed by atoms with E-state index in [1.165, 1.54) is 0 Å². The quantitative estimate of drug-likeness (QED) is 0.792. The van der Waals surface area contributed by atoms with Crippen molar-refractivity contribution in [2.75, 3.05) is 33.5 Å². The average Bonchev–Trinajstić information content (AvgIpc) is 2.85. The molecule has 1 fully saturated rings. The van der Waals surface area contributed by atoms with Gasteiger partial charge in [-0.3, -0.25) is 0 Å². The fourth-order valence-electron chi connectivity index (χ4n) is 2.03. The van der Waals surface area contributed by atoms with Gasteiger partial charge < -0.3 is 14.8 Å². The third-order valence-electron chi connectivity index (χ3n) is 2.85. The van der Waals surface area contributed by atoms with Crippen molar-refractivity contribution in [3.8, 4) is 0 Å². The van der Waals surface area contributed by atoms with Crippen LogP contribution in [0, 0.1) is 0 Å². The summed E-state index contributed by atoms with van der Waals surface area (Å²) in [6, 6.07) is 0. The number of rotatable bonds is 5. The van der Waals surface area contributed by atoms with Gasteiger partial charge in [0.05, 0.1) is 18.8 Å². The van der Waals surface area contributed by atoms with Crippen molar-refractivity contribution in [3.05, 3.63) is 16.6 Å². The topological polar surface area (TPSA) is 43.4 Å². The molecule has 0 radical (unpaired) electrons. The number of thiazole rings is 1. The van der Waals surface area contributed by atoms with Crippen molar-refractivity contribution in [3.63, 3.8) is 0 Å². The van der Waals surface area contributed by atoms with E-state index >= 15 is 0 Å². The summed E-state index contributed by atoms with van der Waals surface area (Å²) in [5.74, 6) is 0. The largest absolute Gasteiger partial charge is 0.383 e. The van der Waals surface area contributed by atoms with Gasteiger partial charge in [0.2, 0.25) is 0 Å². The highest BCUT2D eigenvalue weighted by Crippen LogP contribution is 2.31. The summed E-state index contributed by atoms with van der Waals surface area (Å²) >= 11 is 1.69. The first-order valence-electron chi connectivity index (χ1n) is 5.59. The predicted molar refractivity (Wildman–Crippen MR) is 63.7 cm³/mol. The van der Waals surface area contributed by atoms with Crippen LogP contribution in [-0.2, 0) is 15.0 Å². The van der Waals surface area contributed by atoms with Gasteiger partial charge in [-0.05, 0) is 12.8 Å². The van der Waals surface area contributed by atoms with E-state index < -0.39 is 0 Å². The van der Waals surface area contributed by atoms with E-state index in [4.69, 9.17) is 9.47 Å². The van der Waals surface area contributed by atoms with Crippen molar-refractivity contribution >= 4 is 11.3 Å². The Labute approximate surface area is 100.0 Å². The monoisotopic (exact) mass is 242 g/mol. The molecule has 1 aromatic rings. The van der Waals surface area contributed by atoms with Crippen LogP contribution in [0.2, 0.25) is 0 Å². The number of ether oxygens (including phenoxy) is 2. The lowest BCUT2D eigenvalue weighted by atomic mass is 9.93. The molecule has 0 aromatic carbocycles. The summed E-state index contributed by atoms with van der Waals surface area (Å²) in [6.45, 7) is 3.12. The lowest BCUT2D eigenvalue weighted by Gasteiger charge is -2.36. The summed E-state index contributed by atoms with van der Waals surface area (Å²) < 4.78 is 10.7. The molecule has 1 saturated heterocycles. The highest BCUT2D eigenvalue weighted by molar-refractivity contribution is 7.09. The second kappa shape index (κ2) is 5.72. The maximum Gasteiger partial charge on any atom is 0.115 e. The standard InChI is InChI=1S/C11H18N2O2S/c1-14-7-4-13-11(3-2-6-15-9-11)10-12-5-8-16-10/h5,8,13H,2-4,6-7,9H2,1H3. The fourth-order valence-corrected chi connectivity index (χ4v) is 2.86. The zero-order valence-corrected chi connectivity index (χ0v) is 10.4. The van der Waals surface area contributed by atoms with Crippen LogP contribution in [0.3, 0.4) is 0 Å². The second-order valence-corrected chi connectivity index (χ2v) is 4.89. The Bertz CT molecular complexity index is 297. The Morgan fingerprint density at radius 3 is 3.25 bits per heavy atom. The van der Waals surface area contributed by atoms with E-state index in [2.05, 4.69) is 10.3 Å². The van der Waals surface area contributed by atoms with E-state index in [1.54, 1.807) is 18.4 Å². The molecule has 2 heterocycles. The van der Waals surface area contributed by atoms with E-state index in [-0.39, 0.29) is 5.54 Å². The summed E-state index contributed by atoms with van der Waals surface area (Å²) in [7, 11) is 1.72. The molecule has 4 nitrogen and oxygen atoms in total. The number of aromatic nitrogens is 1. The van der Waals surface area contributed by atoms with Crippen molar-refractivity contribution in [1.82, 2.24) is 10.3 Å². The van der Waals surface area contributed by atoms with Crippen molar-refractivity contribution in [1.29, 1.82) is 0 Å². The lowest BCUT2D eigenvalue weighted by Crippen LogP contribution is -2.49. The van der Waals surface area contributed by atoms with Crippen LogP contribution in [0.5, 0.6) is 0 Å². The minimum Gasteiger partial charge on any atom is -0.383 e. The Kier molecular flexibility index (Phi) is 4.29. The SMILES string of the molecule is COCCNC1(c2nccs2)CCCOC1. The molecule has 0 spiro atoms. The molecule has 0 bridgehead atoms. The van der Waals surface area contributed by atoms with Gasteiger partial charge >= 0.3 is 0 Å². The second-order valence-electron chi connectivity index (χ2n) is 4.00. The van der Waals surface area contributed by atoms with E-state index in [9.17, 15) is 0 Å². The summed E-state index contributed by atoms with van der Waals surface area (Å²) in [6.07, 6.45) is 4.03. The molecular weight excluding hydrogens is 224 g/mol. The van der Waals surface area contributed by atoms with Crippen LogP contribution >= 0.6 is 11.3 Å². The zero-order valence-electron chi connectivity index (χ0n) is 9.57. The molecule has 1 N–H and O–H groups in total. The van der Waals surface area contributed by atoms with Gasteiger partial charge in [0.15, 0.2) is 0 Å². The van der Waals surface area contributed by atoms with Crippen molar-refractivity contribution in [2.45, 2.75) is 18.4 Å². The van der Waals surface area contributed by atoms with Gasteiger partial charge in [0, 0.05) is 31.8 Å². The van der Waals surface area contributed by atoms with Gasteiger partial charge in [-0.15, -0.1) is 11.3 Å². The molecule has 1 aromatic heterocycles. The summed E-state index contributed by atoms with van der Waals surface area (Å²) in [4.78, 5) is 4.43. The first-order chi connectivity index (χ1) is 7.87. The predicted octanol–water partition coefficient (Wildman–Crippen LogP) is 1.38. The van der Waals surface area contributed by atoms with Crippen LogP contribution in [-0.4, -0.2) is 38.5 Å². The van der Waals surface area contributed by atoms with E-state index in [0.29, 0.717) is 13.2 Å². The van der Waals surface area contributed by atoms with Crippen LogP contribution in [0.25, 0.3) is 0 Å². The van der Waals surface area contributed by atoms with Gasteiger partial charge in [-0.25, -0.2) is 4.98 Å². The molecule has 0 aliphatic carbocycles. The van der Waals surface area contributed by atoms with Gasteiger partial charge in [-0.1, -0.05) is 0 Å². The Morgan fingerprint density at radius 1 is 1.69 bits per heavy atom. The summed E-state index contributed by atoms with van der Waals surface area (Å²) in [5.41, 5.74) is -0.0923. The first-order valence-corrected chi connectivity index (χ1v) is 6.47. The molecule has 0 saturated carbocycles. The van der Waals surface area contributed by atoms with Crippen molar-refractivity contribution < 1.29 is 9.47 Å². The molecule has 1 aliphatic heterocycles. The zero-order chi connectivity index (χ0) is 11.3. The van der Waals surface area contributed by atoms with Crippen LogP contribution in [0.15, 0.2) is 11.6 Å². The van der Waals surface area contributed by atoms with Gasteiger partial charge in [-0.2, -0.15) is 0 Å². The van der Waals surface area contributed by atoms with E-state index in [1.807, 2.05) is 11.6 Å². The third kappa shape index (κ3) is 2.60. The molecule has 2 rings (SSSR count). The molecule has 1 atom stereocenters. The molecule has 90 valence electrons. The molecule has 5 heteroatoms. The molecule has 1 aliphatic rings. The number of nitrogens with one attached hydrogen (secondary N) is 1. The Hall–Kier alpha value is -0.490. The van der Waals surface area contributed by atoms with Crippen LogP contribution in [0.4, 0.5) is 0 Å². The smallest absolute Gasteiger partial charge is 0.115 e. The van der Waals surface area contributed by atoms with Crippen molar-refractivity contribution in [2.24, 2.45) is 0 Å². The normalized spacial score (nSPS) is 25.8. The number of hydrogen-bond donors (Lipinski definition) is 1. The first kappa shape index (κ1) is 12.0. The molecule has 0 amide bonds. The maximum atomic E-state index is 5.60. The minimum absolute atomic E-state index is 0.0923. The maximum absolute atomic E-state index is 5.60. The Balaban J connectivity index is 2.06. The highest BCUT2D eigenvalue weighted by Gasteiger charge is 2.36. The molecular formula is C11H18N2O2S.